The molecule has 0 saturated carbocycles. The molecular formula is C43H78O5. The molecular weight excluding hydrogens is 596 g/mol. The first-order chi connectivity index (χ1) is 23.6. The van der Waals surface area contributed by atoms with Crippen LogP contribution in [0.1, 0.15) is 206 Å². The molecule has 0 aromatic carbocycles. The molecule has 0 amide bonds. The minimum absolute atomic E-state index is 0.0748. The van der Waals surface area contributed by atoms with Crippen LogP contribution >= 0.6 is 0 Å². The summed E-state index contributed by atoms with van der Waals surface area (Å²) < 4.78 is 10.6. The molecule has 0 heterocycles. The van der Waals surface area contributed by atoms with Crippen LogP contribution in [0.2, 0.25) is 0 Å². The first-order valence-corrected chi connectivity index (χ1v) is 20.5. The van der Waals surface area contributed by atoms with Crippen molar-refractivity contribution in [3.8, 4) is 0 Å². The second-order valence-electron chi connectivity index (χ2n) is 13.7. The second-order valence-corrected chi connectivity index (χ2v) is 13.7. The summed E-state index contributed by atoms with van der Waals surface area (Å²) in [4.78, 5) is 24.3. The highest BCUT2D eigenvalue weighted by Gasteiger charge is 2.16. The summed E-state index contributed by atoms with van der Waals surface area (Å²) in [6.45, 7) is 4.10. The molecule has 0 bridgehead atoms. The van der Waals surface area contributed by atoms with Crippen LogP contribution in [0, 0.1) is 0 Å². The van der Waals surface area contributed by atoms with Gasteiger partial charge in [0, 0.05) is 12.8 Å². The third-order valence-corrected chi connectivity index (χ3v) is 8.94. The van der Waals surface area contributed by atoms with Crippen molar-refractivity contribution in [2.45, 2.75) is 213 Å². The topological polar surface area (TPSA) is 72.8 Å². The lowest BCUT2D eigenvalue weighted by Crippen LogP contribution is -2.28. The highest BCUT2D eigenvalue weighted by atomic mass is 16.6. The summed E-state index contributed by atoms with van der Waals surface area (Å²) >= 11 is 0. The van der Waals surface area contributed by atoms with E-state index in [2.05, 4.69) is 50.3 Å². The fourth-order valence-corrected chi connectivity index (χ4v) is 5.80. The van der Waals surface area contributed by atoms with Crippen molar-refractivity contribution in [2.75, 3.05) is 13.2 Å². The molecule has 0 radical (unpaired) electrons. The molecule has 0 aliphatic heterocycles. The lowest BCUT2D eigenvalue weighted by atomic mass is 10.0. The number of hydrogen-bond acceptors (Lipinski definition) is 5. The van der Waals surface area contributed by atoms with Gasteiger partial charge in [0.15, 0.2) is 6.10 Å². The van der Waals surface area contributed by atoms with Crippen LogP contribution < -0.4 is 0 Å². The number of allylic oxidation sites excluding steroid dienone is 6. The summed E-state index contributed by atoms with van der Waals surface area (Å²) in [5.41, 5.74) is 0. The molecule has 0 aromatic heterocycles. The molecule has 5 heteroatoms. The van der Waals surface area contributed by atoms with Crippen LogP contribution in [0.5, 0.6) is 0 Å². The molecule has 1 unspecified atom stereocenters. The maximum absolute atomic E-state index is 12.2. The first-order valence-electron chi connectivity index (χ1n) is 20.5. The molecule has 5 nitrogen and oxygen atoms in total. The number of unbranched alkanes of at least 4 members (excludes halogenated alkanes) is 23. The van der Waals surface area contributed by atoms with E-state index in [0.29, 0.717) is 12.8 Å². The van der Waals surface area contributed by atoms with E-state index in [0.717, 1.165) is 64.2 Å². The molecule has 1 atom stereocenters. The van der Waals surface area contributed by atoms with Crippen molar-refractivity contribution in [3.05, 3.63) is 36.5 Å². The Morgan fingerprint density at radius 2 is 0.833 bits per heavy atom. The highest BCUT2D eigenvalue weighted by molar-refractivity contribution is 5.70. The fraction of sp³-hybridized carbons (Fsp3) is 0.814. The van der Waals surface area contributed by atoms with Crippen LogP contribution in [0.25, 0.3) is 0 Å². The van der Waals surface area contributed by atoms with Gasteiger partial charge in [0.25, 0.3) is 0 Å². The lowest BCUT2D eigenvalue weighted by Gasteiger charge is -2.15. The quantitative estimate of drug-likeness (QED) is 0.0403. The molecule has 0 fully saturated rings. The zero-order valence-corrected chi connectivity index (χ0v) is 31.7. The largest absolute Gasteiger partial charge is 0.462 e. The van der Waals surface area contributed by atoms with E-state index in [1.54, 1.807) is 0 Å². The number of carbonyl (C=O) groups excluding carboxylic acids is 2. The van der Waals surface area contributed by atoms with Gasteiger partial charge in [-0.2, -0.15) is 0 Å². The number of ether oxygens (including phenoxy) is 2. The summed E-state index contributed by atoms with van der Waals surface area (Å²) in [6.07, 6.45) is 47.7. The molecule has 0 aliphatic rings. The van der Waals surface area contributed by atoms with Crippen LogP contribution in [-0.2, 0) is 19.1 Å². The van der Waals surface area contributed by atoms with Crippen molar-refractivity contribution >= 4 is 11.9 Å². The van der Waals surface area contributed by atoms with E-state index in [4.69, 9.17) is 9.47 Å². The molecule has 0 aromatic rings. The first kappa shape index (κ1) is 46.1. The van der Waals surface area contributed by atoms with Crippen LogP contribution in [0.3, 0.4) is 0 Å². The maximum Gasteiger partial charge on any atom is 0.306 e. The fourth-order valence-electron chi connectivity index (χ4n) is 5.80. The zero-order valence-electron chi connectivity index (χ0n) is 31.7. The van der Waals surface area contributed by atoms with Gasteiger partial charge in [0.2, 0.25) is 0 Å². The highest BCUT2D eigenvalue weighted by Crippen LogP contribution is 2.15. The van der Waals surface area contributed by atoms with E-state index >= 15 is 0 Å². The third-order valence-electron chi connectivity index (χ3n) is 8.94. The Kier molecular flexibility index (Phi) is 38.0. The number of esters is 2. The predicted octanol–water partition coefficient (Wildman–Crippen LogP) is 12.8. The Balaban J connectivity index is 3.57. The smallest absolute Gasteiger partial charge is 0.306 e. The Hall–Kier alpha value is -1.88. The molecule has 48 heavy (non-hydrogen) atoms. The van der Waals surface area contributed by atoms with Crippen LogP contribution in [0.15, 0.2) is 36.5 Å². The zero-order chi connectivity index (χ0) is 35.0. The Morgan fingerprint density at radius 1 is 0.479 bits per heavy atom. The van der Waals surface area contributed by atoms with E-state index in [1.165, 1.54) is 116 Å². The Labute approximate surface area is 297 Å². The van der Waals surface area contributed by atoms with Gasteiger partial charge >= 0.3 is 11.9 Å². The SMILES string of the molecule is CCCCCC=CCC=CCC=CCCCCCCC(=O)OCC(CO)OC(=O)CCCCCCCCCCCCCCCCCCC. The molecule has 0 saturated heterocycles. The number of rotatable bonds is 37. The number of aliphatic hydroxyl groups is 1. The van der Waals surface area contributed by atoms with Gasteiger partial charge in [-0.15, -0.1) is 0 Å². The van der Waals surface area contributed by atoms with Gasteiger partial charge in [0.1, 0.15) is 6.61 Å². The van der Waals surface area contributed by atoms with E-state index < -0.39 is 6.10 Å². The van der Waals surface area contributed by atoms with E-state index in [1.807, 2.05) is 0 Å². The summed E-state index contributed by atoms with van der Waals surface area (Å²) in [5.74, 6) is -0.610. The summed E-state index contributed by atoms with van der Waals surface area (Å²) in [6, 6.07) is 0. The maximum atomic E-state index is 12.2. The normalized spacial score (nSPS) is 12.5. The Bertz CT molecular complexity index is 771. The summed E-state index contributed by atoms with van der Waals surface area (Å²) in [5, 5.41) is 9.56. The van der Waals surface area contributed by atoms with Gasteiger partial charge in [-0.05, 0) is 51.4 Å². The van der Waals surface area contributed by atoms with Gasteiger partial charge < -0.3 is 14.6 Å². The van der Waals surface area contributed by atoms with Crippen molar-refractivity contribution in [1.82, 2.24) is 0 Å². The van der Waals surface area contributed by atoms with Gasteiger partial charge in [-0.3, -0.25) is 9.59 Å². The monoisotopic (exact) mass is 675 g/mol. The van der Waals surface area contributed by atoms with Gasteiger partial charge in [-0.25, -0.2) is 0 Å². The van der Waals surface area contributed by atoms with Gasteiger partial charge in [-0.1, -0.05) is 179 Å². The second kappa shape index (κ2) is 39.6. The van der Waals surface area contributed by atoms with Crippen LogP contribution in [-0.4, -0.2) is 36.4 Å². The average molecular weight is 675 g/mol. The van der Waals surface area contributed by atoms with E-state index in [9.17, 15) is 14.7 Å². The Morgan fingerprint density at radius 3 is 1.29 bits per heavy atom. The minimum atomic E-state index is -0.777. The molecule has 0 spiro atoms. The van der Waals surface area contributed by atoms with E-state index in [-0.39, 0.29) is 25.2 Å². The standard InChI is InChI=1S/C43H78O5/c1-3-5-7-9-11-13-15-17-19-21-23-25-27-29-31-33-35-37-42(45)47-40-41(39-44)48-43(46)38-36-34-32-30-28-26-24-22-20-18-16-14-12-10-8-6-4-2/h11,13,17,19,23,25,41,44H,3-10,12,14-16,18,20-22,24,26-40H2,1-2H3. The number of hydrogen-bond donors (Lipinski definition) is 1. The number of aliphatic hydroxyl groups excluding tert-OH is 1. The van der Waals surface area contributed by atoms with Crippen molar-refractivity contribution in [3.63, 3.8) is 0 Å². The van der Waals surface area contributed by atoms with Crippen molar-refractivity contribution in [1.29, 1.82) is 0 Å². The molecule has 0 aliphatic carbocycles. The summed E-state index contributed by atoms with van der Waals surface area (Å²) in [7, 11) is 0. The minimum Gasteiger partial charge on any atom is -0.462 e. The van der Waals surface area contributed by atoms with Crippen molar-refractivity contribution in [2.24, 2.45) is 0 Å². The molecule has 0 rings (SSSR count). The van der Waals surface area contributed by atoms with Crippen LogP contribution in [0.4, 0.5) is 0 Å². The predicted molar refractivity (Wildman–Crippen MR) is 205 cm³/mol. The third kappa shape index (κ3) is 36.9. The average Bonchev–Trinajstić information content (AvgIpc) is 3.09. The molecule has 280 valence electrons. The number of carbonyl (C=O) groups is 2. The molecule has 1 N–H and O–H groups in total. The van der Waals surface area contributed by atoms with Gasteiger partial charge in [0.05, 0.1) is 6.61 Å². The lowest BCUT2D eigenvalue weighted by molar-refractivity contribution is -0.161. The van der Waals surface area contributed by atoms with Crippen molar-refractivity contribution < 1.29 is 24.2 Å².